The Morgan fingerprint density at radius 3 is 1.91 bits per heavy atom. The van der Waals surface area contributed by atoms with Crippen LogP contribution in [0.15, 0.2) is 12.2 Å². The minimum atomic E-state index is -4.74. The molecule has 0 aromatic rings. The van der Waals surface area contributed by atoms with E-state index in [1.165, 1.54) is 13.8 Å². The van der Waals surface area contributed by atoms with Crippen molar-refractivity contribution < 1.29 is 18.0 Å². The maximum absolute atomic E-state index is 11.7. The second-order valence-corrected chi connectivity index (χ2v) is 2.43. The van der Waals surface area contributed by atoms with Gasteiger partial charge in [-0.05, 0) is 6.92 Å². The second kappa shape index (κ2) is 3.07. The van der Waals surface area contributed by atoms with Crippen LogP contribution in [0.2, 0.25) is 0 Å². The van der Waals surface area contributed by atoms with E-state index in [0.717, 1.165) is 0 Å². The highest BCUT2D eigenvalue weighted by Crippen LogP contribution is 2.23. The summed E-state index contributed by atoms with van der Waals surface area (Å²) in [6.45, 7) is 5.86. The van der Waals surface area contributed by atoms with Gasteiger partial charge in [0.05, 0.1) is 0 Å². The van der Waals surface area contributed by atoms with E-state index >= 15 is 0 Å². The van der Waals surface area contributed by atoms with Gasteiger partial charge in [0, 0.05) is 5.92 Å². The number of halogens is 3. The first-order valence-electron chi connectivity index (χ1n) is 3.03. The Kier molecular flexibility index (Phi) is 2.84. The molecule has 0 saturated heterocycles. The quantitative estimate of drug-likeness (QED) is 0.575. The summed E-state index contributed by atoms with van der Waals surface area (Å²) < 4.78 is 35.0. The van der Waals surface area contributed by atoms with Gasteiger partial charge in [0.2, 0.25) is 5.78 Å². The molecule has 11 heavy (non-hydrogen) atoms. The maximum Gasteiger partial charge on any atom is 0.450 e. The molecule has 0 aromatic carbocycles. The standard InChI is InChI=1S/C7H9F3O/c1-4(2)5(3)6(11)7(8,9)10/h5H,1H2,2-3H3. The number of ketones is 1. The molecule has 0 saturated carbocycles. The number of hydrogen-bond acceptors (Lipinski definition) is 1. The summed E-state index contributed by atoms with van der Waals surface area (Å²) in [6.07, 6.45) is -4.74. The Bertz CT molecular complexity index is 181. The normalized spacial score (nSPS) is 14.3. The summed E-state index contributed by atoms with van der Waals surface area (Å²) in [4.78, 5) is 10.4. The molecule has 1 unspecified atom stereocenters. The van der Waals surface area contributed by atoms with Crippen molar-refractivity contribution in [2.45, 2.75) is 20.0 Å². The lowest BCUT2D eigenvalue weighted by Crippen LogP contribution is -2.29. The fourth-order valence-electron chi connectivity index (χ4n) is 0.469. The number of alkyl halides is 3. The van der Waals surface area contributed by atoms with E-state index < -0.39 is 17.9 Å². The first-order chi connectivity index (χ1) is 4.76. The Morgan fingerprint density at radius 1 is 1.45 bits per heavy atom. The zero-order chi connectivity index (χ0) is 9.23. The van der Waals surface area contributed by atoms with Crippen LogP contribution in [-0.2, 0) is 4.79 Å². The molecule has 1 atom stereocenters. The Labute approximate surface area is 62.9 Å². The van der Waals surface area contributed by atoms with Crippen LogP contribution in [-0.4, -0.2) is 12.0 Å². The molecule has 0 radical (unpaired) electrons. The molecular formula is C7H9F3O. The molecule has 0 amide bonds. The second-order valence-electron chi connectivity index (χ2n) is 2.43. The summed E-state index contributed by atoms with van der Waals surface area (Å²) in [5, 5.41) is 0. The van der Waals surface area contributed by atoms with Crippen molar-refractivity contribution in [1.29, 1.82) is 0 Å². The predicted molar refractivity (Wildman–Crippen MR) is 35.0 cm³/mol. The average molecular weight is 166 g/mol. The maximum atomic E-state index is 11.7. The van der Waals surface area contributed by atoms with E-state index in [4.69, 9.17) is 0 Å². The van der Waals surface area contributed by atoms with Crippen molar-refractivity contribution in [2.75, 3.05) is 0 Å². The number of Topliss-reactive ketones (excluding diaryl/α,β-unsaturated/α-hetero) is 1. The van der Waals surface area contributed by atoms with Gasteiger partial charge in [0.15, 0.2) is 0 Å². The van der Waals surface area contributed by atoms with Crippen molar-refractivity contribution in [1.82, 2.24) is 0 Å². The predicted octanol–water partition coefficient (Wildman–Crippen LogP) is 2.33. The molecule has 0 aliphatic carbocycles. The van der Waals surface area contributed by atoms with Crippen molar-refractivity contribution >= 4 is 5.78 Å². The van der Waals surface area contributed by atoms with Crippen LogP contribution >= 0.6 is 0 Å². The lowest BCUT2D eigenvalue weighted by Gasteiger charge is -2.11. The van der Waals surface area contributed by atoms with Crippen LogP contribution < -0.4 is 0 Å². The molecule has 0 N–H and O–H groups in total. The van der Waals surface area contributed by atoms with Crippen LogP contribution in [0.5, 0.6) is 0 Å². The summed E-state index contributed by atoms with van der Waals surface area (Å²) in [5.41, 5.74) is 0.229. The molecule has 0 heterocycles. The fraction of sp³-hybridized carbons (Fsp3) is 0.571. The number of hydrogen-bond donors (Lipinski definition) is 0. The van der Waals surface area contributed by atoms with Crippen molar-refractivity contribution in [3.05, 3.63) is 12.2 Å². The highest BCUT2D eigenvalue weighted by molar-refractivity contribution is 5.88. The van der Waals surface area contributed by atoms with Gasteiger partial charge in [-0.25, -0.2) is 0 Å². The highest BCUT2D eigenvalue weighted by Gasteiger charge is 2.41. The van der Waals surface area contributed by atoms with Crippen molar-refractivity contribution in [2.24, 2.45) is 5.92 Å². The zero-order valence-electron chi connectivity index (χ0n) is 6.33. The smallest absolute Gasteiger partial charge is 0.289 e. The minimum Gasteiger partial charge on any atom is -0.289 e. The first kappa shape index (κ1) is 10.2. The van der Waals surface area contributed by atoms with E-state index in [2.05, 4.69) is 6.58 Å². The Balaban J connectivity index is 4.39. The number of rotatable bonds is 2. The van der Waals surface area contributed by atoms with Crippen LogP contribution in [0.4, 0.5) is 13.2 Å². The van der Waals surface area contributed by atoms with Gasteiger partial charge in [0.1, 0.15) is 0 Å². The van der Waals surface area contributed by atoms with Crippen molar-refractivity contribution in [3.63, 3.8) is 0 Å². The largest absolute Gasteiger partial charge is 0.450 e. The highest BCUT2D eigenvalue weighted by atomic mass is 19.4. The molecule has 0 rings (SSSR count). The third kappa shape index (κ3) is 2.74. The Morgan fingerprint density at radius 2 is 1.82 bits per heavy atom. The molecule has 1 nitrogen and oxygen atoms in total. The van der Waals surface area contributed by atoms with Gasteiger partial charge >= 0.3 is 6.18 Å². The molecule has 0 aromatic heterocycles. The number of allylic oxidation sites excluding steroid dienone is 1. The van der Waals surface area contributed by atoms with Gasteiger partial charge < -0.3 is 0 Å². The van der Waals surface area contributed by atoms with E-state index in [9.17, 15) is 18.0 Å². The van der Waals surface area contributed by atoms with Gasteiger partial charge in [-0.15, -0.1) is 0 Å². The van der Waals surface area contributed by atoms with Gasteiger partial charge in [-0.1, -0.05) is 19.1 Å². The summed E-state index contributed by atoms with van der Waals surface area (Å²) in [6, 6.07) is 0. The monoisotopic (exact) mass is 166 g/mol. The van der Waals surface area contributed by atoms with E-state index in [-0.39, 0.29) is 5.57 Å². The molecule has 0 aliphatic heterocycles. The minimum absolute atomic E-state index is 0.229. The molecule has 64 valence electrons. The summed E-state index contributed by atoms with van der Waals surface area (Å²) in [7, 11) is 0. The van der Waals surface area contributed by atoms with Crippen LogP contribution in [0, 0.1) is 5.92 Å². The zero-order valence-corrected chi connectivity index (χ0v) is 6.33. The van der Waals surface area contributed by atoms with Crippen LogP contribution in [0.25, 0.3) is 0 Å². The van der Waals surface area contributed by atoms with Crippen LogP contribution in [0.1, 0.15) is 13.8 Å². The van der Waals surface area contributed by atoms with E-state index in [0.29, 0.717) is 0 Å². The summed E-state index contributed by atoms with van der Waals surface area (Å²) >= 11 is 0. The van der Waals surface area contributed by atoms with Gasteiger partial charge in [0.25, 0.3) is 0 Å². The van der Waals surface area contributed by atoms with Crippen molar-refractivity contribution in [3.8, 4) is 0 Å². The molecule has 0 fully saturated rings. The lowest BCUT2D eigenvalue weighted by atomic mass is 9.99. The van der Waals surface area contributed by atoms with Gasteiger partial charge in [-0.2, -0.15) is 13.2 Å². The molecule has 4 heteroatoms. The van der Waals surface area contributed by atoms with E-state index in [1.807, 2.05) is 0 Å². The lowest BCUT2D eigenvalue weighted by molar-refractivity contribution is -0.173. The fourth-order valence-corrected chi connectivity index (χ4v) is 0.469. The molecule has 0 bridgehead atoms. The number of carbonyl (C=O) groups excluding carboxylic acids is 1. The topological polar surface area (TPSA) is 17.1 Å². The number of carbonyl (C=O) groups is 1. The van der Waals surface area contributed by atoms with Gasteiger partial charge in [-0.3, -0.25) is 4.79 Å². The average Bonchev–Trinajstić information content (AvgIpc) is 1.82. The molecule has 0 spiro atoms. The Hall–Kier alpha value is -0.800. The SMILES string of the molecule is C=C(C)C(C)C(=O)C(F)(F)F. The molecular weight excluding hydrogens is 157 g/mol. The van der Waals surface area contributed by atoms with E-state index in [1.54, 1.807) is 0 Å². The third-order valence-electron chi connectivity index (χ3n) is 1.41. The molecule has 0 aliphatic rings. The first-order valence-corrected chi connectivity index (χ1v) is 3.03. The third-order valence-corrected chi connectivity index (χ3v) is 1.41. The van der Waals surface area contributed by atoms with Crippen LogP contribution in [0.3, 0.4) is 0 Å². The summed E-state index contributed by atoms with van der Waals surface area (Å²) in [5.74, 6) is -2.86.